The molecule has 0 spiro atoms. The normalized spacial score (nSPS) is 23.4. The number of sulfonamides is 1. The highest BCUT2D eigenvalue weighted by Crippen LogP contribution is 2.29. The maximum Gasteiger partial charge on any atom is 0.246 e. The Balaban J connectivity index is 2.54. The second kappa shape index (κ2) is 5.20. The molecule has 2 rings (SSSR count). The summed E-state index contributed by atoms with van der Waals surface area (Å²) in [4.78, 5) is 10.3. The first-order chi connectivity index (χ1) is 9.64. The van der Waals surface area contributed by atoms with Crippen molar-refractivity contribution in [3.8, 4) is 0 Å². The average molecular weight is 321 g/mol. The molecule has 1 heterocycles. The Hall–Kier alpha value is -1.78. The fraction of sp³-hybridized carbons (Fsp3) is 0.364. The van der Waals surface area contributed by atoms with Crippen LogP contribution in [0.4, 0.5) is 14.5 Å². The number of hydrogen-bond acceptors (Lipinski definition) is 5. The average Bonchev–Trinajstić information content (AvgIpc) is 2.76. The highest BCUT2D eigenvalue weighted by atomic mass is 32.2. The van der Waals surface area contributed by atoms with Gasteiger partial charge in [0.25, 0.3) is 0 Å². The number of nitrogens with two attached hydrogens (primary N) is 2. The van der Waals surface area contributed by atoms with Gasteiger partial charge in [0.05, 0.1) is 6.10 Å². The van der Waals surface area contributed by atoms with E-state index in [9.17, 15) is 27.1 Å². The van der Waals surface area contributed by atoms with Crippen molar-refractivity contribution in [1.82, 2.24) is 4.31 Å². The predicted molar refractivity (Wildman–Crippen MR) is 68.3 cm³/mol. The van der Waals surface area contributed by atoms with Gasteiger partial charge in [0.2, 0.25) is 15.9 Å². The topological polar surface area (TPSA) is 127 Å². The zero-order chi connectivity index (χ0) is 15.9. The van der Waals surface area contributed by atoms with E-state index in [0.29, 0.717) is 10.4 Å². The second-order valence-electron chi connectivity index (χ2n) is 4.70. The Morgan fingerprint density at radius 3 is 2.57 bits per heavy atom. The van der Waals surface area contributed by atoms with Gasteiger partial charge in [-0.15, -0.1) is 0 Å². The molecule has 116 valence electrons. The minimum Gasteiger partial charge on any atom is -0.399 e. The van der Waals surface area contributed by atoms with Crippen molar-refractivity contribution in [3.63, 3.8) is 0 Å². The molecular weight excluding hydrogens is 308 g/mol. The van der Waals surface area contributed by atoms with Crippen molar-refractivity contribution in [3.05, 3.63) is 23.8 Å². The summed E-state index contributed by atoms with van der Waals surface area (Å²) in [7, 11) is -4.56. The fourth-order valence-corrected chi connectivity index (χ4v) is 3.96. The first-order valence-electron chi connectivity index (χ1n) is 5.88. The van der Waals surface area contributed by atoms with Crippen LogP contribution in [0.2, 0.25) is 0 Å². The van der Waals surface area contributed by atoms with E-state index in [1.54, 1.807) is 0 Å². The Kier molecular flexibility index (Phi) is 3.87. The number of β-amino-alcohol motifs (C(OH)–C–C–N with tert-alkyl or cyclic N) is 1. The smallest absolute Gasteiger partial charge is 0.246 e. The Morgan fingerprint density at radius 1 is 1.38 bits per heavy atom. The summed E-state index contributed by atoms with van der Waals surface area (Å²) in [5.74, 6) is -4.02. The molecule has 7 nitrogen and oxygen atoms in total. The SMILES string of the molecule is NC(=O)C1CC(O)CN1S(=O)(=O)c1cc(N)cc(F)c1F. The van der Waals surface area contributed by atoms with Gasteiger partial charge in [-0.25, -0.2) is 17.2 Å². The molecule has 1 saturated heterocycles. The second-order valence-corrected chi connectivity index (χ2v) is 6.56. The zero-order valence-corrected chi connectivity index (χ0v) is 11.5. The van der Waals surface area contributed by atoms with Crippen molar-refractivity contribution in [1.29, 1.82) is 0 Å². The first kappa shape index (κ1) is 15.6. The minimum atomic E-state index is -4.56. The summed E-state index contributed by atoms with van der Waals surface area (Å²) in [6, 6.07) is 0.0591. The molecule has 0 aliphatic carbocycles. The van der Waals surface area contributed by atoms with Crippen molar-refractivity contribution in [2.75, 3.05) is 12.3 Å². The number of nitrogen functional groups attached to an aromatic ring is 1. The molecule has 0 saturated carbocycles. The summed E-state index contributed by atoms with van der Waals surface area (Å²) >= 11 is 0. The number of anilines is 1. The lowest BCUT2D eigenvalue weighted by Gasteiger charge is -2.21. The molecule has 2 unspecified atom stereocenters. The summed E-state index contributed by atoms with van der Waals surface area (Å²) in [6.45, 7) is -0.439. The van der Waals surface area contributed by atoms with Crippen LogP contribution in [0.5, 0.6) is 0 Å². The third-order valence-corrected chi connectivity index (χ3v) is 5.04. The van der Waals surface area contributed by atoms with E-state index in [4.69, 9.17) is 11.5 Å². The van der Waals surface area contributed by atoms with Gasteiger partial charge in [-0.05, 0) is 12.1 Å². The van der Waals surface area contributed by atoms with Crippen LogP contribution in [-0.4, -0.2) is 42.4 Å². The quantitative estimate of drug-likeness (QED) is 0.625. The maximum absolute atomic E-state index is 13.7. The van der Waals surface area contributed by atoms with Gasteiger partial charge in [-0.1, -0.05) is 0 Å². The number of halogens is 2. The van der Waals surface area contributed by atoms with E-state index in [1.807, 2.05) is 0 Å². The van der Waals surface area contributed by atoms with Gasteiger partial charge in [0, 0.05) is 18.7 Å². The van der Waals surface area contributed by atoms with Gasteiger partial charge in [-0.2, -0.15) is 4.31 Å². The van der Waals surface area contributed by atoms with Crippen molar-refractivity contribution < 1.29 is 27.1 Å². The standard InChI is InChI=1S/C11H13F2N3O4S/c12-7-1-5(14)2-9(10(7)13)21(19,20)16-4-6(17)3-8(16)11(15)18/h1-2,6,8,17H,3-4,14H2,(H2,15,18). The number of benzene rings is 1. The number of amides is 1. The van der Waals surface area contributed by atoms with E-state index in [0.717, 1.165) is 6.07 Å². The summed E-state index contributed by atoms with van der Waals surface area (Å²) < 4.78 is 52.3. The van der Waals surface area contributed by atoms with Crippen LogP contribution in [0, 0.1) is 11.6 Å². The molecule has 1 aromatic rings. The van der Waals surface area contributed by atoms with Crippen molar-refractivity contribution >= 4 is 21.6 Å². The number of hydrogen-bond donors (Lipinski definition) is 3. The monoisotopic (exact) mass is 321 g/mol. The number of carbonyl (C=O) groups excluding carboxylic acids is 1. The Labute approximate surface area is 119 Å². The van der Waals surface area contributed by atoms with Crippen LogP contribution in [0.25, 0.3) is 0 Å². The number of aliphatic hydroxyl groups excluding tert-OH is 1. The molecule has 0 bridgehead atoms. The molecule has 10 heteroatoms. The van der Waals surface area contributed by atoms with E-state index in [-0.39, 0.29) is 12.1 Å². The highest BCUT2D eigenvalue weighted by Gasteiger charge is 2.43. The van der Waals surface area contributed by atoms with Crippen molar-refractivity contribution in [2.45, 2.75) is 23.5 Å². The lowest BCUT2D eigenvalue weighted by Crippen LogP contribution is -2.44. The predicted octanol–water partition coefficient (Wildman–Crippen LogP) is -0.844. The molecule has 21 heavy (non-hydrogen) atoms. The van der Waals surface area contributed by atoms with Gasteiger partial charge in [0.1, 0.15) is 10.9 Å². The van der Waals surface area contributed by atoms with Gasteiger partial charge in [0.15, 0.2) is 11.6 Å². The van der Waals surface area contributed by atoms with Gasteiger partial charge >= 0.3 is 0 Å². The van der Waals surface area contributed by atoms with Crippen LogP contribution in [-0.2, 0) is 14.8 Å². The largest absolute Gasteiger partial charge is 0.399 e. The van der Waals surface area contributed by atoms with Crippen LogP contribution >= 0.6 is 0 Å². The Morgan fingerprint density at radius 2 is 2.00 bits per heavy atom. The molecule has 1 aromatic carbocycles. The summed E-state index contributed by atoms with van der Waals surface area (Å²) in [5.41, 5.74) is 10.1. The Bertz CT molecular complexity index is 695. The van der Waals surface area contributed by atoms with Gasteiger partial charge < -0.3 is 16.6 Å². The number of nitrogens with zero attached hydrogens (tertiary/aromatic N) is 1. The lowest BCUT2D eigenvalue weighted by molar-refractivity contribution is -0.121. The van der Waals surface area contributed by atoms with E-state index in [2.05, 4.69) is 0 Å². The molecule has 5 N–H and O–H groups in total. The molecule has 0 aromatic heterocycles. The van der Waals surface area contributed by atoms with E-state index in [1.165, 1.54) is 0 Å². The third kappa shape index (κ3) is 2.69. The van der Waals surface area contributed by atoms with Crippen LogP contribution in [0.1, 0.15) is 6.42 Å². The van der Waals surface area contributed by atoms with Crippen LogP contribution < -0.4 is 11.5 Å². The van der Waals surface area contributed by atoms with E-state index >= 15 is 0 Å². The first-order valence-corrected chi connectivity index (χ1v) is 7.32. The summed E-state index contributed by atoms with van der Waals surface area (Å²) in [5, 5.41) is 9.50. The van der Waals surface area contributed by atoms with E-state index < -0.39 is 51.2 Å². The van der Waals surface area contributed by atoms with Crippen LogP contribution in [0.3, 0.4) is 0 Å². The lowest BCUT2D eigenvalue weighted by atomic mass is 10.2. The maximum atomic E-state index is 13.7. The number of primary amides is 1. The van der Waals surface area contributed by atoms with Crippen molar-refractivity contribution in [2.24, 2.45) is 5.73 Å². The fourth-order valence-electron chi connectivity index (χ4n) is 2.21. The molecule has 1 amide bonds. The number of aliphatic hydroxyl groups is 1. The molecule has 1 aliphatic heterocycles. The molecular formula is C11H13F2N3O4S. The molecule has 0 radical (unpaired) electrons. The highest BCUT2D eigenvalue weighted by molar-refractivity contribution is 7.89. The van der Waals surface area contributed by atoms with Gasteiger partial charge in [-0.3, -0.25) is 4.79 Å². The number of rotatable bonds is 3. The minimum absolute atomic E-state index is 0.207. The third-order valence-electron chi connectivity index (χ3n) is 3.17. The zero-order valence-electron chi connectivity index (χ0n) is 10.7. The molecule has 1 fully saturated rings. The number of carbonyl (C=O) groups is 1. The molecule has 1 aliphatic rings. The van der Waals surface area contributed by atoms with Crippen LogP contribution in [0.15, 0.2) is 17.0 Å². The molecule has 2 atom stereocenters. The summed E-state index contributed by atoms with van der Waals surface area (Å²) in [6.07, 6.45) is -1.33.